The third-order valence-electron chi connectivity index (χ3n) is 4.18. The molecule has 0 spiro atoms. The highest BCUT2D eigenvalue weighted by molar-refractivity contribution is 5.94. The lowest BCUT2D eigenvalue weighted by molar-refractivity contribution is -0.121. The maximum absolute atomic E-state index is 12.6. The second-order valence-electron chi connectivity index (χ2n) is 7.30. The first-order valence-corrected chi connectivity index (χ1v) is 8.74. The highest BCUT2D eigenvalue weighted by Gasteiger charge is 2.30. The first-order chi connectivity index (χ1) is 12.2. The van der Waals surface area contributed by atoms with E-state index in [1.54, 1.807) is 37.3 Å². The number of likely N-dealkylation sites (tertiary alicyclic amines) is 1. The van der Waals surface area contributed by atoms with Crippen molar-refractivity contribution in [3.05, 3.63) is 18.2 Å². The monoisotopic (exact) mass is 364 g/mol. The number of hydrogen-bond acceptors (Lipinski definition) is 5. The number of piperidine rings is 1. The van der Waals surface area contributed by atoms with Gasteiger partial charge in [-0.15, -0.1) is 0 Å². The Morgan fingerprint density at radius 1 is 1.12 bits per heavy atom. The van der Waals surface area contributed by atoms with E-state index >= 15 is 0 Å². The van der Waals surface area contributed by atoms with Crippen LogP contribution in [0.5, 0.6) is 11.5 Å². The molecule has 1 aliphatic rings. The molecule has 7 heteroatoms. The smallest absolute Gasteiger partial charge is 0.410 e. The van der Waals surface area contributed by atoms with Crippen LogP contribution < -0.4 is 14.8 Å². The zero-order valence-electron chi connectivity index (χ0n) is 16.1. The fourth-order valence-corrected chi connectivity index (χ4v) is 2.79. The number of nitrogens with zero attached hydrogens (tertiary/aromatic N) is 1. The molecule has 144 valence electrons. The summed E-state index contributed by atoms with van der Waals surface area (Å²) in [5.74, 6) is 0.979. The molecule has 0 radical (unpaired) electrons. The molecule has 26 heavy (non-hydrogen) atoms. The lowest BCUT2D eigenvalue weighted by atomic mass is 9.96. The summed E-state index contributed by atoms with van der Waals surface area (Å²) in [6, 6.07) is 5.25. The Labute approximate surface area is 154 Å². The molecule has 0 unspecified atom stereocenters. The summed E-state index contributed by atoms with van der Waals surface area (Å²) in [4.78, 5) is 26.3. The lowest BCUT2D eigenvalue weighted by Gasteiger charge is -2.33. The highest BCUT2D eigenvalue weighted by Crippen LogP contribution is 2.30. The minimum Gasteiger partial charge on any atom is -0.497 e. The summed E-state index contributed by atoms with van der Waals surface area (Å²) in [7, 11) is 3.12. The number of hydrogen-bond donors (Lipinski definition) is 1. The summed E-state index contributed by atoms with van der Waals surface area (Å²) >= 11 is 0. The molecule has 0 aromatic heterocycles. The largest absolute Gasteiger partial charge is 0.497 e. The van der Waals surface area contributed by atoms with Gasteiger partial charge in [-0.3, -0.25) is 4.79 Å². The van der Waals surface area contributed by atoms with Crippen molar-refractivity contribution in [1.82, 2.24) is 4.90 Å². The van der Waals surface area contributed by atoms with Gasteiger partial charge in [0.05, 0.1) is 19.9 Å². The van der Waals surface area contributed by atoms with Crippen molar-refractivity contribution in [3.63, 3.8) is 0 Å². The Balaban J connectivity index is 1.92. The van der Waals surface area contributed by atoms with Crippen LogP contribution in [0.3, 0.4) is 0 Å². The van der Waals surface area contributed by atoms with Crippen molar-refractivity contribution in [2.45, 2.75) is 39.2 Å². The van der Waals surface area contributed by atoms with Gasteiger partial charge in [0.1, 0.15) is 17.1 Å². The topological polar surface area (TPSA) is 77.1 Å². The van der Waals surface area contributed by atoms with Gasteiger partial charge in [0.15, 0.2) is 0 Å². The maximum atomic E-state index is 12.6. The molecule has 1 N–H and O–H groups in total. The van der Waals surface area contributed by atoms with Gasteiger partial charge in [0, 0.05) is 25.1 Å². The number of amides is 2. The number of benzene rings is 1. The van der Waals surface area contributed by atoms with Gasteiger partial charge in [-0.05, 0) is 45.7 Å². The van der Waals surface area contributed by atoms with E-state index in [0.717, 1.165) is 0 Å². The van der Waals surface area contributed by atoms with Crippen molar-refractivity contribution >= 4 is 17.7 Å². The minimum absolute atomic E-state index is 0.0719. The molecule has 0 saturated carbocycles. The average Bonchev–Trinajstić information content (AvgIpc) is 2.60. The normalized spacial score (nSPS) is 15.3. The molecule has 0 atom stereocenters. The third kappa shape index (κ3) is 5.28. The number of nitrogens with one attached hydrogen (secondary N) is 1. The summed E-state index contributed by atoms with van der Waals surface area (Å²) in [6.07, 6.45) is 0.876. The standard InChI is InChI=1S/C19H28N2O5/c1-19(2,3)26-18(23)21-10-8-13(9-11-21)17(22)20-15-7-6-14(24-4)12-16(15)25-5/h6-7,12-13H,8-11H2,1-5H3,(H,20,22). The predicted molar refractivity (Wildman–Crippen MR) is 98.7 cm³/mol. The highest BCUT2D eigenvalue weighted by atomic mass is 16.6. The number of carbonyl (C=O) groups is 2. The van der Waals surface area contributed by atoms with Gasteiger partial charge in [0.25, 0.3) is 0 Å². The maximum Gasteiger partial charge on any atom is 0.410 e. The van der Waals surface area contributed by atoms with E-state index in [1.165, 1.54) is 0 Å². The van der Waals surface area contributed by atoms with Crippen LogP contribution in [0.2, 0.25) is 0 Å². The van der Waals surface area contributed by atoms with Crippen LogP contribution >= 0.6 is 0 Å². The summed E-state index contributed by atoms with van der Waals surface area (Å²) < 4.78 is 15.8. The van der Waals surface area contributed by atoms with Crippen LogP contribution in [0.15, 0.2) is 18.2 Å². The molecular weight excluding hydrogens is 336 g/mol. The second-order valence-corrected chi connectivity index (χ2v) is 7.30. The first-order valence-electron chi connectivity index (χ1n) is 8.74. The van der Waals surface area contributed by atoms with E-state index in [0.29, 0.717) is 43.1 Å². The Hall–Kier alpha value is -2.44. The molecule has 0 aliphatic carbocycles. The fourth-order valence-electron chi connectivity index (χ4n) is 2.79. The summed E-state index contributed by atoms with van der Waals surface area (Å²) in [5, 5.41) is 2.91. The first kappa shape index (κ1) is 19.9. The molecule has 2 amide bonds. The van der Waals surface area contributed by atoms with Crippen LogP contribution in [0.4, 0.5) is 10.5 Å². The minimum atomic E-state index is -0.518. The molecule has 1 heterocycles. The van der Waals surface area contributed by atoms with Gasteiger partial charge in [-0.25, -0.2) is 4.79 Å². The Kier molecular flexibility index (Phi) is 6.34. The number of ether oxygens (including phenoxy) is 3. The van der Waals surface area contributed by atoms with E-state index in [1.807, 2.05) is 20.8 Å². The van der Waals surface area contributed by atoms with Crippen molar-refractivity contribution in [2.75, 3.05) is 32.6 Å². The molecular formula is C19H28N2O5. The summed E-state index contributed by atoms with van der Waals surface area (Å²) in [6.45, 7) is 6.54. The zero-order valence-corrected chi connectivity index (χ0v) is 16.1. The Morgan fingerprint density at radius 2 is 1.77 bits per heavy atom. The molecule has 1 fully saturated rings. The number of methoxy groups -OCH3 is 2. The van der Waals surface area contributed by atoms with E-state index < -0.39 is 5.60 Å². The second kappa shape index (κ2) is 8.29. The Morgan fingerprint density at radius 3 is 2.31 bits per heavy atom. The van der Waals surface area contributed by atoms with E-state index in [4.69, 9.17) is 14.2 Å². The quantitative estimate of drug-likeness (QED) is 0.887. The van der Waals surface area contributed by atoms with Crippen LogP contribution in [-0.4, -0.2) is 49.8 Å². The molecule has 2 rings (SSSR count). The van der Waals surface area contributed by atoms with Crippen LogP contribution in [-0.2, 0) is 9.53 Å². The lowest BCUT2D eigenvalue weighted by Crippen LogP contribution is -2.43. The van der Waals surface area contributed by atoms with Gasteiger partial charge in [-0.2, -0.15) is 0 Å². The van der Waals surface area contributed by atoms with Crippen LogP contribution in [0.1, 0.15) is 33.6 Å². The van der Waals surface area contributed by atoms with E-state index in [2.05, 4.69) is 5.32 Å². The molecule has 1 saturated heterocycles. The van der Waals surface area contributed by atoms with Crippen molar-refractivity contribution in [1.29, 1.82) is 0 Å². The Bertz CT molecular complexity index is 646. The average molecular weight is 364 g/mol. The van der Waals surface area contributed by atoms with Crippen molar-refractivity contribution in [2.24, 2.45) is 5.92 Å². The number of rotatable bonds is 4. The summed E-state index contributed by atoms with van der Waals surface area (Å²) in [5.41, 5.74) is 0.0869. The molecule has 0 bridgehead atoms. The predicted octanol–water partition coefficient (Wildman–Crippen LogP) is 3.29. The zero-order chi connectivity index (χ0) is 19.3. The fraction of sp³-hybridized carbons (Fsp3) is 0.579. The molecule has 1 aromatic carbocycles. The SMILES string of the molecule is COc1ccc(NC(=O)C2CCN(C(=O)OC(C)(C)C)CC2)c(OC)c1. The van der Waals surface area contributed by atoms with Gasteiger partial charge in [0.2, 0.25) is 5.91 Å². The van der Waals surface area contributed by atoms with Crippen molar-refractivity contribution in [3.8, 4) is 11.5 Å². The van der Waals surface area contributed by atoms with Gasteiger partial charge in [-0.1, -0.05) is 0 Å². The van der Waals surface area contributed by atoms with Crippen LogP contribution in [0, 0.1) is 5.92 Å². The third-order valence-corrected chi connectivity index (χ3v) is 4.18. The molecule has 7 nitrogen and oxygen atoms in total. The van der Waals surface area contributed by atoms with Crippen LogP contribution in [0.25, 0.3) is 0 Å². The van der Waals surface area contributed by atoms with Crippen molar-refractivity contribution < 1.29 is 23.8 Å². The van der Waals surface area contributed by atoms with Gasteiger partial charge >= 0.3 is 6.09 Å². The van der Waals surface area contributed by atoms with Gasteiger partial charge < -0.3 is 24.4 Å². The number of anilines is 1. The molecule has 1 aliphatic heterocycles. The molecule has 1 aromatic rings. The number of carbonyl (C=O) groups excluding carboxylic acids is 2. The van der Waals surface area contributed by atoms with E-state index in [9.17, 15) is 9.59 Å². The van der Waals surface area contributed by atoms with E-state index in [-0.39, 0.29) is 17.9 Å².